The monoisotopic (exact) mass is 360 g/mol. The van der Waals surface area contributed by atoms with Crippen molar-refractivity contribution in [3.05, 3.63) is 97.7 Å². The third-order valence-corrected chi connectivity index (χ3v) is 4.73. The van der Waals surface area contributed by atoms with Gasteiger partial charge in [-0.05, 0) is 24.3 Å². The van der Waals surface area contributed by atoms with Crippen molar-refractivity contribution < 1.29 is 0 Å². The van der Waals surface area contributed by atoms with Gasteiger partial charge in [0.05, 0.1) is 16.6 Å². The van der Waals surface area contributed by atoms with Crippen molar-refractivity contribution in [2.75, 3.05) is 0 Å². The number of pyridine rings is 4. The molecule has 0 bridgehead atoms. The van der Waals surface area contributed by atoms with Crippen LogP contribution in [0.5, 0.6) is 0 Å². The topological polar surface area (TPSA) is 51.6 Å². The van der Waals surface area contributed by atoms with E-state index in [4.69, 9.17) is 0 Å². The van der Waals surface area contributed by atoms with Crippen LogP contribution in [0.2, 0.25) is 0 Å². The number of aromatic nitrogens is 4. The summed E-state index contributed by atoms with van der Waals surface area (Å²) in [6.45, 7) is 0. The molecule has 0 fully saturated rings. The summed E-state index contributed by atoms with van der Waals surface area (Å²) in [4.78, 5) is 17.2. The highest BCUT2D eigenvalue weighted by molar-refractivity contribution is 6.04. The summed E-state index contributed by atoms with van der Waals surface area (Å²) < 4.78 is 0. The lowest BCUT2D eigenvalue weighted by atomic mass is 10.1. The minimum atomic E-state index is 0.977. The lowest BCUT2D eigenvalue weighted by Crippen LogP contribution is -1.83. The highest BCUT2D eigenvalue weighted by atomic mass is 14.7. The molecular weight excluding hydrogens is 344 g/mol. The minimum absolute atomic E-state index is 0.977. The molecule has 0 aliphatic heterocycles. The van der Waals surface area contributed by atoms with Gasteiger partial charge in [0, 0.05) is 57.9 Å². The van der Waals surface area contributed by atoms with Gasteiger partial charge in [0.2, 0.25) is 0 Å². The largest absolute Gasteiger partial charge is 0.264 e. The van der Waals surface area contributed by atoms with Gasteiger partial charge >= 0.3 is 0 Å². The number of hydrogen-bond donors (Lipinski definition) is 0. The van der Waals surface area contributed by atoms with Crippen LogP contribution in [0.3, 0.4) is 0 Å². The zero-order chi connectivity index (χ0) is 18.8. The van der Waals surface area contributed by atoms with Crippen molar-refractivity contribution in [2.24, 2.45) is 0 Å². The average molecular weight is 360 g/mol. The molecule has 0 aliphatic carbocycles. The fourth-order valence-electron chi connectivity index (χ4n) is 3.39. The Kier molecular flexibility index (Phi) is 4.07. The smallest absolute Gasteiger partial charge is 0.0964 e. The third kappa shape index (κ3) is 2.91. The third-order valence-electron chi connectivity index (χ3n) is 4.73. The van der Waals surface area contributed by atoms with Gasteiger partial charge < -0.3 is 0 Å². The van der Waals surface area contributed by atoms with Crippen LogP contribution in [0, 0.1) is 0 Å². The molecule has 0 N–H and O–H groups in total. The fraction of sp³-hybridized carbons (Fsp3) is 0. The molecule has 0 radical (unpaired) electrons. The molecule has 2 aromatic carbocycles. The Morgan fingerprint density at radius 1 is 0.429 bits per heavy atom. The molecule has 4 aromatic heterocycles. The Balaban J connectivity index is 0.000000122. The van der Waals surface area contributed by atoms with Crippen LogP contribution in [0.1, 0.15) is 0 Å². The first-order valence-corrected chi connectivity index (χ1v) is 9.06. The molecular formula is C24H16N4. The number of nitrogens with zero attached hydrogens (tertiary/aromatic N) is 4. The van der Waals surface area contributed by atoms with E-state index in [0.29, 0.717) is 0 Å². The molecule has 28 heavy (non-hydrogen) atoms. The molecule has 4 nitrogen and oxygen atoms in total. The van der Waals surface area contributed by atoms with Crippen molar-refractivity contribution in [3.8, 4) is 0 Å². The second kappa shape index (κ2) is 7.00. The molecule has 0 atom stereocenters. The average Bonchev–Trinajstić information content (AvgIpc) is 2.79. The second-order valence-corrected chi connectivity index (χ2v) is 6.45. The maximum absolute atomic E-state index is 4.38. The molecule has 6 rings (SSSR count). The highest BCUT2D eigenvalue weighted by Crippen LogP contribution is 2.22. The van der Waals surface area contributed by atoms with E-state index in [1.54, 1.807) is 18.6 Å². The van der Waals surface area contributed by atoms with Gasteiger partial charge in [0.15, 0.2) is 0 Å². The Hall–Kier alpha value is -3.92. The second-order valence-electron chi connectivity index (χ2n) is 6.45. The molecule has 0 aliphatic rings. The standard InChI is InChI=1S/2C12H8N2/c1-3-9-5-6-10-4-2-8-14-12(10)11(9)13-7-1;1-2-9-3-4-10-8-13-7-5-11(10)12(9)14-6-1/h2*1-8H. The van der Waals surface area contributed by atoms with Crippen LogP contribution in [0.25, 0.3) is 43.5 Å². The van der Waals surface area contributed by atoms with Crippen molar-refractivity contribution in [1.29, 1.82) is 0 Å². The van der Waals surface area contributed by atoms with E-state index in [1.807, 2.05) is 36.7 Å². The summed E-state index contributed by atoms with van der Waals surface area (Å²) in [5.74, 6) is 0. The predicted octanol–water partition coefficient (Wildman–Crippen LogP) is 5.57. The first-order valence-electron chi connectivity index (χ1n) is 9.06. The van der Waals surface area contributed by atoms with Gasteiger partial charge in [-0.15, -0.1) is 0 Å². The molecule has 4 heteroatoms. The van der Waals surface area contributed by atoms with Crippen LogP contribution in [-0.4, -0.2) is 19.9 Å². The van der Waals surface area contributed by atoms with Gasteiger partial charge in [-0.25, -0.2) is 0 Å². The van der Waals surface area contributed by atoms with E-state index in [2.05, 4.69) is 62.4 Å². The maximum atomic E-state index is 4.38. The van der Waals surface area contributed by atoms with Crippen LogP contribution in [0.15, 0.2) is 97.7 Å². The normalized spacial score (nSPS) is 10.9. The molecule has 0 saturated carbocycles. The predicted molar refractivity (Wildman–Crippen MR) is 114 cm³/mol. The molecule has 4 heterocycles. The SMILES string of the molecule is c1cnc2c(c1)ccc1cccnc12.c1cnc2c(c1)ccc1cnccc12. The van der Waals surface area contributed by atoms with Crippen LogP contribution < -0.4 is 0 Å². The van der Waals surface area contributed by atoms with E-state index in [-0.39, 0.29) is 0 Å². The van der Waals surface area contributed by atoms with Gasteiger partial charge in [-0.1, -0.05) is 42.5 Å². The summed E-state index contributed by atoms with van der Waals surface area (Å²) in [7, 11) is 0. The molecule has 0 amide bonds. The Morgan fingerprint density at radius 3 is 1.54 bits per heavy atom. The summed E-state index contributed by atoms with van der Waals surface area (Å²) >= 11 is 0. The lowest BCUT2D eigenvalue weighted by molar-refractivity contribution is 1.36. The zero-order valence-corrected chi connectivity index (χ0v) is 15.0. The zero-order valence-electron chi connectivity index (χ0n) is 15.0. The quantitative estimate of drug-likeness (QED) is 0.333. The summed E-state index contributed by atoms with van der Waals surface area (Å²) in [5, 5.41) is 5.75. The van der Waals surface area contributed by atoms with E-state index in [0.717, 1.165) is 38.1 Å². The lowest BCUT2D eigenvalue weighted by Gasteiger charge is -2.00. The van der Waals surface area contributed by atoms with Gasteiger partial charge in [0.1, 0.15) is 0 Å². The fourth-order valence-corrected chi connectivity index (χ4v) is 3.39. The van der Waals surface area contributed by atoms with Gasteiger partial charge in [-0.3, -0.25) is 19.9 Å². The van der Waals surface area contributed by atoms with E-state index in [9.17, 15) is 0 Å². The molecule has 132 valence electrons. The van der Waals surface area contributed by atoms with Crippen LogP contribution >= 0.6 is 0 Å². The molecule has 6 aromatic rings. The molecule has 0 unspecified atom stereocenters. The van der Waals surface area contributed by atoms with Crippen LogP contribution in [0.4, 0.5) is 0 Å². The minimum Gasteiger partial charge on any atom is -0.264 e. The van der Waals surface area contributed by atoms with Crippen molar-refractivity contribution in [3.63, 3.8) is 0 Å². The van der Waals surface area contributed by atoms with Crippen molar-refractivity contribution in [2.45, 2.75) is 0 Å². The molecule has 0 saturated heterocycles. The molecule has 0 spiro atoms. The summed E-state index contributed by atoms with van der Waals surface area (Å²) in [6, 6.07) is 22.3. The Labute approximate surface area is 161 Å². The van der Waals surface area contributed by atoms with Gasteiger partial charge in [0.25, 0.3) is 0 Å². The number of fused-ring (bicyclic) bond motifs is 6. The number of hydrogen-bond acceptors (Lipinski definition) is 4. The summed E-state index contributed by atoms with van der Waals surface area (Å²) in [5.41, 5.74) is 3.00. The van der Waals surface area contributed by atoms with Gasteiger partial charge in [-0.2, -0.15) is 0 Å². The first-order chi connectivity index (χ1) is 13.9. The number of rotatable bonds is 0. The first kappa shape index (κ1) is 16.3. The van der Waals surface area contributed by atoms with E-state index in [1.165, 1.54) is 5.39 Å². The summed E-state index contributed by atoms with van der Waals surface area (Å²) in [6.07, 6.45) is 9.09. The highest BCUT2D eigenvalue weighted by Gasteiger charge is 2.00. The Morgan fingerprint density at radius 2 is 0.929 bits per heavy atom. The Bertz CT molecular complexity index is 1210. The number of benzene rings is 2. The van der Waals surface area contributed by atoms with Crippen molar-refractivity contribution >= 4 is 43.5 Å². The maximum Gasteiger partial charge on any atom is 0.0964 e. The van der Waals surface area contributed by atoms with E-state index >= 15 is 0 Å². The van der Waals surface area contributed by atoms with E-state index < -0.39 is 0 Å². The van der Waals surface area contributed by atoms with Crippen molar-refractivity contribution in [1.82, 2.24) is 19.9 Å². The van der Waals surface area contributed by atoms with Crippen LogP contribution in [-0.2, 0) is 0 Å².